The summed E-state index contributed by atoms with van der Waals surface area (Å²) in [7, 11) is 0. The minimum Gasteiger partial charge on any atom is -0.478 e. The van der Waals surface area contributed by atoms with E-state index in [4.69, 9.17) is 5.11 Å². The van der Waals surface area contributed by atoms with Gasteiger partial charge in [-0.15, -0.1) is 0 Å². The second kappa shape index (κ2) is 5.85. The van der Waals surface area contributed by atoms with E-state index in [1.807, 2.05) is 6.07 Å². The molecule has 0 aliphatic heterocycles. The first kappa shape index (κ1) is 13.6. The standard InChI is InChI=1S/C14H18BrNO2/c1-9-3-2-4-13(9)16-8-11-6-5-10(14(17)18)7-12(11)15/h5-7,9,13,16H,2-4,8H2,1H3,(H,17,18). The third-order valence-electron chi connectivity index (χ3n) is 3.72. The summed E-state index contributed by atoms with van der Waals surface area (Å²) in [5.74, 6) is -0.151. The van der Waals surface area contributed by atoms with Gasteiger partial charge in [0.05, 0.1) is 5.56 Å². The molecule has 0 saturated heterocycles. The SMILES string of the molecule is CC1CCCC1NCc1ccc(C(=O)O)cc1Br. The summed E-state index contributed by atoms with van der Waals surface area (Å²) in [5, 5.41) is 12.5. The van der Waals surface area contributed by atoms with Gasteiger partial charge < -0.3 is 10.4 Å². The van der Waals surface area contributed by atoms with Crippen molar-refractivity contribution in [3.8, 4) is 0 Å². The number of halogens is 1. The molecule has 2 rings (SSSR count). The summed E-state index contributed by atoms with van der Waals surface area (Å²) >= 11 is 3.44. The van der Waals surface area contributed by atoms with Gasteiger partial charge in [0.1, 0.15) is 0 Å². The second-order valence-electron chi connectivity index (χ2n) is 5.01. The lowest BCUT2D eigenvalue weighted by molar-refractivity contribution is 0.0697. The fourth-order valence-electron chi connectivity index (χ4n) is 2.51. The summed E-state index contributed by atoms with van der Waals surface area (Å²) in [6, 6.07) is 5.79. The third kappa shape index (κ3) is 3.12. The van der Waals surface area contributed by atoms with Crippen LogP contribution in [0.5, 0.6) is 0 Å². The summed E-state index contributed by atoms with van der Waals surface area (Å²) in [6.07, 6.45) is 3.85. The molecule has 1 aromatic carbocycles. The maximum atomic E-state index is 10.8. The van der Waals surface area contributed by atoms with Crippen LogP contribution in [0.3, 0.4) is 0 Å². The molecule has 1 aliphatic rings. The smallest absolute Gasteiger partial charge is 0.335 e. The van der Waals surface area contributed by atoms with Crippen molar-refractivity contribution in [2.24, 2.45) is 5.92 Å². The molecule has 1 saturated carbocycles. The molecule has 2 N–H and O–H groups in total. The van der Waals surface area contributed by atoms with Gasteiger partial charge in [-0.2, -0.15) is 0 Å². The topological polar surface area (TPSA) is 49.3 Å². The fourth-order valence-corrected chi connectivity index (χ4v) is 3.03. The highest BCUT2D eigenvalue weighted by atomic mass is 79.9. The van der Waals surface area contributed by atoms with Crippen LogP contribution >= 0.6 is 15.9 Å². The summed E-state index contributed by atoms with van der Waals surface area (Å²) in [6.45, 7) is 3.07. The normalized spacial score (nSPS) is 23.2. The van der Waals surface area contributed by atoms with Gasteiger partial charge in [0, 0.05) is 17.1 Å². The van der Waals surface area contributed by atoms with E-state index in [0.717, 1.165) is 22.5 Å². The third-order valence-corrected chi connectivity index (χ3v) is 4.45. The molecule has 1 fully saturated rings. The molecular formula is C14H18BrNO2. The van der Waals surface area contributed by atoms with E-state index in [1.54, 1.807) is 12.1 Å². The number of aromatic carboxylic acids is 1. The van der Waals surface area contributed by atoms with Crippen LogP contribution in [-0.2, 0) is 6.54 Å². The Labute approximate surface area is 116 Å². The van der Waals surface area contributed by atoms with Gasteiger partial charge >= 0.3 is 5.97 Å². The minimum atomic E-state index is -0.889. The van der Waals surface area contributed by atoms with E-state index in [9.17, 15) is 4.79 Å². The number of carboxylic acids is 1. The molecule has 2 atom stereocenters. The second-order valence-corrected chi connectivity index (χ2v) is 5.86. The molecule has 0 aromatic heterocycles. The van der Waals surface area contributed by atoms with Crippen LogP contribution in [0.2, 0.25) is 0 Å². The zero-order valence-corrected chi connectivity index (χ0v) is 12.0. The maximum absolute atomic E-state index is 10.8. The van der Waals surface area contributed by atoms with Crippen molar-refractivity contribution in [3.05, 3.63) is 33.8 Å². The first-order valence-corrected chi connectivity index (χ1v) is 7.12. The minimum absolute atomic E-state index is 0.319. The molecule has 0 bridgehead atoms. The molecule has 0 heterocycles. The zero-order valence-electron chi connectivity index (χ0n) is 10.4. The van der Waals surface area contributed by atoms with Gasteiger partial charge in [0.25, 0.3) is 0 Å². The maximum Gasteiger partial charge on any atom is 0.335 e. The lowest BCUT2D eigenvalue weighted by Gasteiger charge is -2.17. The number of hydrogen-bond acceptors (Lipinski definition) is 2. The average molecular weight is 312 g/mol. The Bertz CT molecular complexity index is 447. The Morgan fingerprint density at radius 1 is 1.50 bits per heavy atom. The summed E-state index contributed by atoms with van der Waals surface area (Å²) < 4.78 is 0.862. The molecule has 3 nitrogen and oxygen atoms in total. The number of benzene rings is 1. The molecular weight excluding hydrogens is 294 g/mol. The fraction of sp³-hybridized carbons (Fsp3) is 0.500. The Hall–Kier alpha value is -0.870. The molecule has 0 spiro atoms. The van der Waals surface area contributed by atoms with E-state index in [0.29, 0.717) is 11.6 Å². The van der Waals surface area contributed by atoms with Crippen LogP contribution in [0, 0.1) is 5.92 Å². The molecule has 1 aromatic rings. The number of carboxylic acid groups (broad SMARTS) is 1. The first-order chi connectivity index (χ1) is 8.58. The van der Waals surface area contributed by atoms with E-state index in [1.165, 1.54) is 19.3 Å². The lowest BCUT2D eigenvalue weighted by atomic mass is 10.1. The summed E-state index contributed by atoms with van der Waals surface area (Å²) in [5.41, 5.74) is 1.43. The van der Waals surface area contributed by atoms with Gasteiger partial charge in [-0.25, -0.2) is 4.79 Å². The predicted molar refractivity (Wildman–Crippen MR) is 74.7 cm³/mol. The zero-order chi connectivity index (χ0) is 13.1. The highest BCUT2D eigenvalue weighted by Crippen LogP contribution is 2.26. The number of nitrogens with one attached hydrogen (secondary N) is 1. The van der Waals surface area contributed by atoms with Crippen molar-refractivity contribution in [1.82, 2.24) is 5.32 Å². The summed E-state index contributed by atoms with van der Waals surface area (Å²) in [4.78, 5) is 10.8. The average Bonchev–Trinajstić information content (AvgIpc) is 2.73. The molecule has 2 unspecified atom stereocenters. The van der Waals surface area contributed by atoms with Gasteiger partial charge in [0.2, 0.25) is 0 Å². The number of hydrogen-bond donors (Lipinski definition) is 2. The van der Waals surface area contributed by atoms with Crippen LogP contribution in [0.15, 0.2) is 22.7 Å². The lowest BCUT2D eigenvalue weighted by Crippen LogP contribution is -2.30. The van der Waals surface area contributed by atoms with Crippen molar-refractivity contribution in [2.75, 3.05) is 0 Å². The van der Waals surface area contributed by atoms with Crippen molar-refractivity contribution in [3.63, 3.8) is 0 Å². The first-order valence-electron chi connectivity index (χ1n) is 6.33. The van der Waals surface area contributed by atoms with Gasteiger partial charge in [-0.3, -0.25) is 0 Å². The highest BCUT2D eigenvalue weighted by molar-refractivity contribution is 9.10. The molecule has 0 radical (unpaired) electrons. The van der Waals surface area contributed by atoms with E-state index in [2.05, 4.69) is 28.2 Å². The van der Waals surface area contributed by atoms with Gasteiger partial charge in [-0.1, -0.05) is 35.3 Å². The monoisotopic (exact) mass is 311 g/mol. The predicted octanol–water partition coefficient (Wildman–Crippen LogP) is 3.43. The Balaban J connectivity index is 1.99. The van der Waals surface area contributed by atoms with Crippen molar-refractivity contribution in [1.29, 1.82) is 0 Å². The van der Waals surface area contributed by atoms with Crippen molar-refractivity contribution < 1.29 is 9.90 Å². The Morgan fingerprint density at radius 2 is 2.28 bits per heavy atom. The molecule has 0 amide bonds. The largest absolute Gasteiger partial charge is 0.478 e. The number of rotatable bonds is 4. The van der Waals surface area contributed by atoms with Crippen molar-refractivity contribution in [2.45, 2.75) is 38.8 Å². The van der Waals surface area contributed by atoms with Crippen LogP contribution in [0.4, 0.5) is 0 Å². The quantitative estimate of drug-likeness (QED) is 0.895. The molecule has 98 valence electrons. The van der Waals surface area contributed by atoms with Crippen molar-refractivity contribution >= 4 is 21.9 Å². The van der Waals surface area contributed by atoms with E-state index < -0.39 is 5.97 Å². The Morgan fingerprint density at radius 3 is 2.83 bits per heavy atom. The van der Waals surface area contributed by atoms with E-state index >= 15 is 0 Å². The molecule has 1 aliphatic carbocycles. The van der Waals surface area contributed by atoms with Gasteiger partial charge in [-0.05, 0) is 36.5 Å². The highest BCUT2D eigenvalue weighted by Gasteiger charge is 2.22. The Kier molecular flexibility index (Phi) is 4.40. The van der Waals surface area contributed by atoms with Crippen LogP contribution < -0.4 is 5.32 Å². The van der Waals surface area contributed by atoms with Gasteiger partial charge in [0.15, 0.2) is 0 Å². The number of carbonyl (C=O) groups is 1. The van der Waals surface area contributed by atoms with Crippen LogP contribution in [-0.4, -0.2) is 17.1 Å². The van der Waals surface area contributed by atoms with E-state index in [-0.39, 0.29) is 0 Å². The van der Waals surface area contributed by atoms with Crippen LogP contribution in [0.1, 0.15) is 42.1 Å². The molecule has 18 heavy (non-hydrogen) atoms. The van der Waals surface area contributed by atoms with Crippen LogP contribution in [0.25, 0.3) is 0 Å². The molecule has 4 heteroatoms.